The SMILES string of the molecule is Cc1ccc(C(=O)N2CCC(NC(=O)c3ccc(N(C)C)cc3)CC2)cc1. The fourth-order valence-corrected chi connectivity index (χ4v) is 3.29. The van der Waals surface area contributed by atoms with Crippen LogP contribution in [-0.2, 0) is 0 Å². The fourth-order valence-electron chi connectivity index (χ4n) is 3.29. The van der Waals surface area contributed by atoms with E-state index in [2.05, 4.69) is 5.32 Å². The van der Waals surface area contributed by atoms with Crippen LogP contribution in [0.1, 0.15) is 39.1 Å². The summed E-state index contributed by atoms with van der Waals surface area (Å²) >= 11 is 0. The minimum absolute atomic E-state index is 0.0522. The lowest BCUT2D eigenvalue weighted by Gasteiger charge is -2.32. The Morgan fingerprint density at radius 3 is 2.04 bits per heavy atom. The zero-order chi connectivity index (χ0) is 19.4. The van der Waals surface area contributed by atoms with Crippen LogP contribution >= 0.6 is 0 Å². The summed E-state index contributed by atoms with van der Waals surface area (Å²) in [6, 6.07) is 15.4. The van der Waals surface area contributed by atoms with Gasteiger partial charge in [-0.25, -0.2) is 0 Å². The van der Waals surface area contributed by atoms with Crippen molar-refractivity contribution in [2.24, 2.45) is 0 Å². The monoisotopic (exact) mass is 365 g/mol. The molecule has 2 amide bonds. The van der Waals surface area contributed by atoms with Gasteiger partial charge in [-0.3, -0.25) is 9.59 Å². The Bertz CT molecular complexity index is 789. The van der Waals surface area contributed by atoms with Crippen LogP contribution in [0.25, 0.3) is 0 Å². The van der Waals surface area contributed by atoms with Crippen LogP contribution in [0.15, 0.2) is 48.5 Å². The fraction of sp³-hybridized carbons (Fsp3) is 0.364. The van der Waals surface area contributed by atoms with Crippen LogP contribution < -0.4 is 10.2 Å². The summed E-state index contributed by atoms with van der Waals surface area (Å²) in [5, 5.41) is 3.10. The lowest BCUT2D eigenvalue weighted by atomic mass is 10.0. The maximum Gasteiger partial charge on any atom is 0.253 e. The van der Waals surface area contributed by atoms with Gasteiger partial charge in [-0.05, 0) is 56.2 Å². The van der Waals surface area contributed by atoms with Crippen molar-refractivity contribution in [3.05, 3.63) is 65.2 Å². The summed E-state index contributed by atoms with van der Waals surface area (Å²) in [6.45, 7) is 3.34. The summed E-state index contributed by atoms with van der Waals surface area (Å²) in [4.78, 5) is 28.9. The number of carbonyl (C=O) groups is 2. The Morgan fingerprint density at radius 2 is 1.48 bits per heavy atom. The van der Waals surface area contributed by atoms with Gasteiger partial charge in [0.05, 0.1) is 0 Å². The van der Waals surface area contributed by atoms with Crippen LogP contribution in [0.5, 0.6) is 0 Å². The normalized spacial score (nSPS) is 14.7. The van der Waals surface area contributed by atoms with E-state index >= 15 is 0 Å². The zero-order valence-corrected chi connectivity index (χ0v) is 16.2. The molecule has 1 fully saturated rings. The molecular formula is C22H27N3O2. The lowest BCUT2D eigenvalue weighted by molar-refractivity contribution is 0.0698. The molecule has 1 heterocycles. The van der Waals surface area contributed by atoms with E-state index in [1.165, 1.54) is 0 Å². The highest BCUT2D eigenvalue weighted by Crippen LogP contribution is 2.16. The van der Waals surface area contributed by atoms with Crippen LogP contribution in [0.2, 0.25) is 0 Å². The molecule has 2 aromatic carbocycles. The molecular weight excluding hydrogens is 338 g/mol. The molecule has 1 aliphatic heterocycles. The van der Waals surface area contributed by atoms with Gasteiger partial charge in [0.15, 0.2) is 0 Å². The molecule has 0 radical (unpaired) electrons. The third-order valence-electron chi connectivity index (χ3n) is 5.06. The van der Waals surface area contributed by atoms with Crippen molar-refractivity contribution in [2.75, 3.05) is 32.1 Å². The van der Waals surface area contributed by atoms with Gasteiger partial charge in [0, 0.05) is 50.0 Å². The van der Waals surface area contributed by atoms with Gasteiger partial charge in [0.1, 0.15) is 0 Å². The molecule has 0 saturated carbocycles. The van der Waals surface area contributed by atoms with Crippen molar-refractivity contribution in [2.45, 2.75) is 25.8 Å². The van der Waals surface area contributed by atoms with Crippen molar-refractivity contribution >= 4 is 17.5 Å². The molecule has 1 aliphatic rings. The minimum Gasteiger partial charge on any atom is -0.378 e. The first-order chi connectivity index (χ1) is 12.9. The number of piperidine rings is 1. The highest BCUT2D eigenvalue weighted by molar-refractivity contribution is 5.95. The number of anilines is 1. The quantitative estimate of drug-likeness (QED) is 0.906. The Hall–Kier alpha value is -2.82. The Balaban J connectivity index is 1.52. The third-order valence-corrected chi connectivity index (χ3v) is 5.06. The van der Waals surface area contributed by atoms with Crippen LogP contribution in [0, 0.1) is 6.92 Å². The highest BCUT2D eigenvalue weighted by Gasteiger charge is 2.24. The molecule has 0 aromatic heterocycles. The molecule has 3 rings (SSSR count). The van der Waals surface area contributed by atoms with Crippen molar-refractivity contribution in [3.8, 4) is 0 Å². The molecule has 27 heavy (non-hydrogen) atoms. The van der Waals surface area contributed by atoms with Gasteiger partial charge in [0.25, 0.3) is 11.8 Å². The standard InChI is InChI=1S/C22H27N3O2/c1-16-4-6-18(7-5-16)22(27)25-14-12-19(13-15-25)23-21(26)17-8-10-20(11-9-17)24(2)3/h4-11,19H,12-15H2,1-3H3,(H,23,26). The van der Waals surface area contributed by atoms with E-state index in [0.717, 1.165) is 29.7 Å². The molecule has 2 aromatic rings. The van der Waals surface area contributed by atoms with Crippen molar-refractivity contribution in [1.29, 1.82) is 0 Å². The first-order valence-electron chi connectivity index (χ1n) is 9.38. The molecule has 0 atom stereocenters. The first kappa shape index (κ1) is 19.0. The molecule has 5 heteroatoms. The predicted molar refractivity (Wildman–Crippen MR) is 108 cm³/mol. The second-order valence-corrected chi connectivity index (χ2v) is 7.35. The van der Waals surface area contributed by atoms with Gasteiger partial charge in [-0.2, -0.15) is 0 Å². The molecule has 1 N–H and O–H groups in total. The summed E-state index contributed by atoms with van der Waals surface area (Å²) in [7, 11) is 3.95. The van der Waals surface area contributed by atoms with Gasteiger partial charge >= 0.3 is 0 Å². The second kappa shape index (κ2) is 8.25. The van der Waals surface area contributed by atoms with Crippen molar-refractivity contribution in [3.63, 3.8) is 0 Å². The van der Waals surface area contributed by atoms with Crippen LogP contribution in [0.3, 0.4) is 0 Å². The number of rotatable bonds is 4. The van der Waals surface area contributed by atoms with Crippen molar-refractivity contribution < 1.29 is 9.59 Å². The maximum atomic E-state index is 12.6. The number of aryl methyl sites for hydroxylation is 1. The number of carbonyl (C=O) groups excluding carboxylic acids is 2. The number of hydrogen-bond acceptors (Lipinski definition) is 3. The van der Waals surface area contributed by atoms with Crippen LogP contribution in [-0.4, -0.2) is 49.9 Å². The molecule has 1 saturated heterocycles. The van der Waals surface area contributed by atoms with E-state index in [-0.39, 0.29) is 17.9 Å². The Labute approximate surface area is 161 Å². The summed E-state index contributed by atoms with van der Waals surface area (Å²) in [5.74, 6) is 0.0164. The van der Waals surface area contributed by atoms with E-state index in [4.69, 9.17) is 0 Å². The van der Waals surface area contributed by atoms with E-state index in [9.17, 15) is 9.59 Å². The Kier molecular flexibility index (Phi) is 5.79. The summed E-state index contributed by atoms with van der Waals surface area (Å²) < 4.78 is 0. The molecule has 0 bridgehead atoms. The van der Waals surface area contributed by atoms with E-state index in [1.54, 1.807) is 0 Å². The predicted octanol–water partition coefficient (Wildman–Crippen LogP) is 3.10. The highest BCUT2D eigenvalue weighted by atomic mass is 16.2. The molecule has 142 valence electrons. The number of hydrogen-bond donors (Lipinski definition) is 1. The molecule has 0 unspecified atom stereocenters. The third kappa shape index (κ3) is 4.67. The summed E-state index contributed by atoms with van der Waals surface area (Å²) in [5.41, 5.74) is 3.60. The zero-order valence-electron chi connectivity index (χ0n) is 16.2. The number of nitrogens with one attached hydrogen (secondary N) is 1. The van der Waals surface area contributed by atoms with E-state index in [0.29, 0.717) is 18.7 Å². The van der Waals surface area contributed by atoms with Gasteiger partial charge < -0.3 is 15.1 Å². The average molecular weight is 365 g/mol. The smallest absolute Gasteiger partial charge is 0.253 e. The van der Waals surface area contributed by atoms with Gasteiger partial charge in [-0.15, -0.1) is 0 Å². The van der Waals surface area contributed by atoms with E-state index < -0.39 is 0 Å². The number of benzene rings is 2. The van der Waals surface area contributed by atoms with E-state index in [1.807, 2.05) is 79.3 Å². The molecule has 0 aliphatic carbocycles. The van der Waals surface area contributed by atoms with Crippen molar-refractivity contribution in [1.82, 2.24) is 10.2 Å². The first-order valence-corrected chi connectivity index (χ1v) is 9.38. The van der Waals surface area contributed by atoms with Crippen LogP contribution in [0.4, 0.5) is 5.69 Å². The topological polar surface area (TPSA) is 52.7 Å². The maximum absolute atomic E-state index is 12.6. The van der Waals surface area contributed by atoms with Gasteiger partial charge in [-0.1, -0.05) is 17.7 Å². The minimum atomic E-state index is -0.0522. The number of likely N-dealkylation sites (tertiary alicyclic amines) is 1. The number of amides is 2. The summed E-state index contributed by atoms with van der Waals surface area (Å²) in [6.07, 6.45) is 1.55. The number of nitrogens with zero attached hydrogens (tertiary/aromatic N) is 2. The Morgan fingerprint density at radius 1 is 0.926 bits per heavy atom. The molecule has 0 spiro atoms. The average Bonchev–Trinajstić information content (AvgIpc) is 2.68. The molecule has 5 nitrogen and oxygen atoms in total. The lowest BCUT2D eigenvalue weighted by Crippen LogP contribution is -2.46. The van der Waals surface area contributed by atoms with Gasteiger partial charge in [0.2, 0.25) is 0 Å². The second-order valence-electron chi connectivity index (χ2n) is 7.35. The largest absolute Gasteiger partial charge is 0.378 e.